The minimum Gasteiger partial charge on any atom is -0.495 e. The number of benzene rings is 1. The minimum absolute atomic E-state index is 0.0568. The molecule has 0 bridgehead atoms. The highest BCUT2D eigenvalue weighted by Gasteiger charge is 2.15. The van der Waals surface area contributed by atoms with E-state index in [-0.39, 0.29) is 5.54 Å². The van der Waals surface area contributed by atoms with Crippen molar-refractivity contribution >= 4 is 21.6 Å². The Morgan fingerprint density at radius 3 is 2.70 bits per heavy atom. The molecule has 6 heteroatoms. The molecule has 0 aliphatic rings. The Morgan fingerprint density at radius 1 is 1.35 bits per heavy atom. The van der Waals surface area contributed by atoms with Crippen molar-refractivity contribution in [1.29, 1.82) is 0 Å². The second-order valence-electron chi connectivity index (χ2n) is 5.52. The second-order valence-corrected chi connectivity index (χ2v) is 6.44. The van der Waals surface area contributed by atoms with E-state index in [1.54, 1.807) is 7.11 Å². The summed E-state index contributed by atoms with van der Waals surface area (Å²) in [6.45, 7) is 6.88. The topological polar surface area (TPSA) is 52.0 Å². The number of nitrogens with zero attached hydrogens (tertiary/aromatic N) is 3. The number of methoxy groups -OCH3 is 1. The fraction of sp³-hybridized carbons (Fsp3) is 0.429. The fourth-order valence-corrected chi connectivity index (χ4v) is 2.07. The van der Waals surface area contributed by atoms with Gasteiger partial charge in [0.15, 0.2) is 0 Å². The summed E-state index contributed by atoms with van der Waals surface area (Å²) in [5, 5.41) is 11.6. The van der Waals surface area contributed by atoms with Gasteiger partial charge in [0.05, 0.1) is 31.1 Å². The number of rotatable bonds is 4. The van der Waals surface area contributed by atoms with Crippen molar-refractivity contribution in [1.82, 2.24) is 15.0 Å². The number of aromatic nitrogens is 3. The summed E-state index contributed by atoms with van der Waals surface area (Å²) in [5.41, 5.74) is 1.76. The van der Waals surface area contributed by atoms with E-state index in [1.165, 1.54) is 0 Å². The van der Waals surface area contributed by atoms with E-state index in [2.05, 4.69) is 52.3 Å². The Balaban J connectivity index is 2.09. The van der Waals surface area contributed by atoms with E-state index in [9.17, 15) is 0 Å². The Labute approximate surface area is 127 Å². The molecule has 1 heterocycles. The van der Waals surface area contributed by atoms with E-state index in [4.69, 9.17) is 4.74 Å². The van der Waals surface area contributed by atoms with Gasteiger partial charge in [-0.2, -0.15) is 0 Å². The molecule has 2 aromatic rings. The minimum atomic E-state index is -0.0568. The molecule has 0 saturated heterocycles. The summed E-state index contributed by atoms with van der Waals surface area (Å²) < 4.78 is 8.19. The Bertz CT molecular complexity index is 589. The summed E-state index contributed by atoms with van der Waals surface area (Å²) in [6.07, 6.45) is 1.96. The predicted octanol–water partition coefficient (Wildman–Crippen LogP) is 3.42. The van der Waals surface area contributed by atoms with Crippen LogP contribution in [-0.4, -0.2) is 22.1 Å². The molecule has 0 amide bonds. The van der Waals surface area contributed by atoms with Crippen molar-refractivity contribution in [2.45, 2.75) is 32.9 Å². The third-order valence-electron chi connectivity index (χ3n) is 2.85. The third kappa shape index (κ3) is 3.50. The zero-order valence-corrected chi connectivity index (χ0v) is 13.7. The van der Waals surface area contributed by atoms with Crippen LogP contribution >= 0.6 is 15.9 Å². The van der Waals surface area contributed by atoms with Crippen molar-refractivity contribution in [3.8, 4) is 5.75 Å². The monoisotopic (exact) mass is 338 g/mol. The van der Waals surface area contributed by atoms with Crippen LogP contribution < -0.4 is 10.1 Å². The maximum atomic E-state index is 5.32. The van der Waals surface area contributed by atoms with Crippen LogP contribution in [0.5, 0.6) is 5.75 Å². The van der Waals surface area contributed by atoms with Crippen LogP contribution in [-0.2, 0) is 12.1 Å². The molecule has 0 spiro atoms. The first-order valence-electron chi connectivity index (χ1n) is 6.39. The van der Waals surface area contributed by atoms with Crippen molar-refractivity contribution in [2.24, 2.45) is 0 Å². The second kappa shape index (κ2) is 5.83. The zero-order chi connectivity index (χ0) is 14.8. The van der Waals surface area contributed by atoms with E-state index < -0.39 is 0 Å². The first-order valence-corrected chi connectivity index (χ1v) is 7.18. The average Bonchev–Trinajstić information content (AvgIpc) is 2.85. The molecular formula is C14H19BrN4O. The van der Waals surface area contributed by atoms with E-state index in [0.717, 1.165) is 21.6 Å². The average molecular weight is 339 g/mol. The van der Waals surface area contributed by atoms with Gasteiger partial charge in [-0.1, -0.05) is 21.1 Å². The molecule has 2 rings (SSSR count). The molecule has 1 N–H and O–H groups in total. The lowest BCUT2D eigenvalue weighted by molar-refractivity contribution is 0.347. The first kappa shape index (κ1) is 14.8. The number of hydrogen-bond donors (Lipinski definition) is 1. The molecule has 5 nitrogen and oxygen atoms in total. The van der Waals surface area contributed by atoms with Gasteiger partial charge in [0, 0.05) is 4.47 Å². The van der Waals surface area contributed by atoms with Crippen LogP contribution in [0.15, 0.2) is 28.9 Å². The quantitative estimate of drug-likeness (QED) is 0.927. The number of nitrogens with one attached hydrogen (secondary N) is 1. The Morgan fingerprint density at radius 2 is 2.10 bits per heavy atom. The van der Waals surface area contributed by atoms with Gasteiger partial charge in [-0.05, 0) is 39.0 Å². The number of anilines is 1. The van der Waals surface area contributed by atoms with Gasteiger partial charge in [-0.15, -0.1) is 5.10 Å². The molecule has 0 fully saturated rings. The Kier molecular flexibility index (Phi) is 4.32. The summed E-state index contributed by atoms with van der Waals surface area (Å²) in [7, 11) is 1.66. The number of halogens is 1. The highest BCUT2D eigenvalue weighted by Crippen LogP contribution is 2.28. The smallest absolute Gasteiger partial charge is 0.142 e. The lowest BCUT2D eigenvalue weighted by atomic mass is 10.1. The standard InChI is InChI=1S/C14H19BrN4O/c1-14(2,3)19-9-11(17-18-19)8-16-12-7-10(15)5-6-13(12)20-4/h5-7,9,16H,8H2,1-4H3. The lowest BCUT2D eigenvalue weighted by Gasteiger charge is -2.17. The molecule has 0 radical (unpaired) electrons. The van der Waals surface area contributed by atoms with Crippen molar-refractivity contribution in [2.75, 3.05) is 12.4 Å². The van der Waals surface area contributed by atoms with Crippen molar-refractivity contribution < 1.29 is 4.74 Å². The van der Waals surface area contributed by atoms with Gasteiger partial charge in [0.2, 0.25) is 0 Å². The normalized spacial score (nSPS) is 11.4. The SMILES string of the molecule is COc1ccc(Br)cc1NCc1cn(C(C)(C)C)nn1. The summed E-state index contributed by atoms with van der Waals surface area (Å²) in [5.74, 6) is 0.802. The molecule has 0 aliphatic carbocycles. The molecule has 1 aromatic carbocycles. The van der Waals surface area contributed by atoms with E-state index in [1.807, 2.05) is 29.1 Å². The molecule has 0 aliphatic heterocycles. The molecule has 0 saturated carbocycles. The highest BCUT2D eigenvalue weighted by atomic mass is 79.9. The molecule has 20 heavy (non-hydrogen) atoms. The van der Waals surface area contributed by atoms with Gasteiger partial charge in [0.25, 0.3) is 0 Å². The van der Waals surface area contributed by atoms with Gasteiger partial charge in [0.1, 0.15) is 11.4 Å². The van der Waals surface area contributed by atoms with Crippen LogP contribution in [0, 0.1) is 0 Å². The molecule has 0 atom stereocenters. The first-order chi connectivity index (χ1) is 9.40. The number of hydrogen-bond acceptors (Lipinski definition) is 4. The summed E-state index contributed by atoms with van der Waals surface area (Å²) in [4.78, 5) is 0. The van der Waals surface area contributed by atoms with Crippen LogP contribution in [0.4, 0.5) is 5.69 Å². The fourth-order valence-electron chi connectivity index (χ4n) is 1.71. The van der Waals surface area contributed by atoms with Crippen LogP contribution in [0.25, 0.3) is 0 Å². The Hall–Kier alpha value is -1.56. The van der Waals surface area contributed by atoms with Crippen molar-refractivity contribution in [3.05, 3.63) is 34.6 Å². The lowest BCUT2D eigenvalue weighted by Crippen LogP contribution is -2.22. The van der Waals surface area contributed by atoms with Crippen LogP contribution in [0.2, 0.25) is 0 Å². The van der Waals surface area contributed by atoms with Crippen molar-refractivity contribution in [3.63, 3.8) is 0 Å². The largest absolute Gasteiger partial charge is 0.495 e. The maximum absolute atomic E-state index is 5.32. The van der Waals surface area contributed by atoms with Gasteiger partial charge in [-0.25, -0.2) is 4.68 Å². The summed E-state index contributed by atoms with van der Waals surface area (Å²) >= 11 is 3.45. The number of ether oxygens (including phenoxy) is 1. The van der Waals surface area contributed by atoms with E-state index in [0.29, 0.717) is 6.54 Å². The van der Waals surface area contributed by atoms with Crippen LogP contribution in [0.3, 0.4) is 0 Å². The molecule has 108 valence electrons. The molecular weight excluding hydrogens is 320 g/mol. The van der Waals surface area contributed by atoms with Gasteiger partial charge >= 0.3 is 0 Å². The highest BCUT2D eigenvalue weighted by molar-refractivity contribution is 9.10. The van der Waals surface area contributed by atoms with Gasteiger partial charge in [-0.3, -0.25) is 0 Å². The molecule has 1 aromatic heterocycles. The maximum Gasteiger partial charge on any atom is 0.142 e. The predicted molar refractivity (Wildman–Crippen MR) is 83.0 cm³/mol. The zero-order valence-electron chi connectivity index (χ0n) is 12.1. The van der Waals surface area contributed by atoms with Gasteiger partial charge < -0.3 is 10.1 Å². The summed E-state index contributed by atoms with van der Waals surface area (Å²) in [6, 6.07) is 5.84. The molecule has 0 unspecified atom stereocenters. The third-order valence-corrected chi connectivity index (χ3v) is 3.34. The van der Waals surface area contributed by atoms with Crippen LogP contribution in [0.1, 0.15) is 26.5 Å². The van der Waals surface area contributed by atoms with E-state index >= 15 is 0 Å².